The average molecular weight is 240 g/mol. The van der Waals surface area contributed by atoms with Gasteiger partial charge < -0.3 is 9.84 Å². The third-order valence-electron chi connectivity index (χ3n) is 2.52. The topological polar surface area (TPSA) is 46.5 Å². The molecule has 90 valence electrons. The largest absolute Gasteiger partial charge is 0.508 e. The van der Waals surface area contributed by atoms with E-state index < -0.39 is 0 Å². The fourth-order valence-corrected chi connectivity index (χ4v) is 1.60. The maximum absolute atomic E-state index is 10.9. The summed E-state index contributed by atoms with van der Waals surface area (Å²) in [5, 5.41) is 11.3. The Morgan fingerprint density at radius 2 is 1.94 bits per heavy atom. The van der Waals surface area contributed by atoms with E-state index >= 15 is 0 Å². The Labute approximate surface area is 105 Å². The van der Waals surface area contributed by atoms with Crippen molar-refractivity contribution in [2.45, 2.75) is 6.42 Å². The molecule has 1 N–H and O–H groups in total. The van der Waals surface area contributed by atoms with Crippen LogP contribution in [-0.2, 0) is 9.53 Å². The van der Waals surface area contributed by atoms with Crippen LogP contribution in [0, 0.1) is 11.8 Å². The first-order chi connectivity index (χ1) is 8.69. The number of carbonyl (C=O) groups is 1. The molecule has 2 aromatic rings. The van der Waals surface area contributed by atoms with Gasteiger partial charge in [-0.05, 0) is 35.0 Å². The van der Waals surface area contributed by atoms with Gasteiger partial charge in [-0.3, -0.25) is 4.79 Å². The number of methoxy groups -OCH3 is 1. The molecule has 0 radical (unpaired) electrons. The number of esters is 1. The number of benzene rings is 2. The minimum Gasteiger partial charge on any atom is -0.508 e. The van der Waals surface area contributed by atoms with E-state index in [2.05, 4.69) is 16.6 Å². The molecule has 0 unspecified atom stereocenters. The smallest absolute Gasteiger partial charge is 0.317 e. The fourth-order valence-electron chi connectivity index (χ4n) is 1.60. The highest BCUT2D eigenvalue weighted by Gasteiger charge is 1.97. The van der Waals surface area contributed by atoms with E-state index in [1.807, 2.05) is 24.3 Å². The molecular weight excluding hydrogens is 228 g/mol. The number of hydrogen-bond acceptors (Lipinski definition) is 3. The number of phenolic OH excluding ortho intramolecular Hbond substituents is 1. The van der Waals surface area contributed by atoms with E-state index in [9.17, 15) is 9.90 Å². The van der Waals surface area contributed by atoms with E-state index in [1.165, 1.54) is 7.11 Å². The third kappa shape index (κ3) is 2.80. The van der Waals surface area contributed by atoms with Crippen molar-refractivity contribution in [1.82, 2.24) is 0 Å². The Morgan fingerprint density at radius 3 is 2.72 bits per heavy atom. The number of ether oxygens (including phenoxy) is 1. The zero-order chi connectivity index (χ0) is 13.0. The van der Waals surface area contributed by atoms with Crippen molar-refractivity contribution in [2.75, 3.05) is 7.11 Å². The molecule has 0 amide bonds. The van der Waals surface area contributed by atoms with Crippen molar-refractivity contribution in [3.8, 4) is 17.6 Å². The Morgan fingerprint density at radius 1 is 1.22 bits per heavy atom. The minimum absolute atomic E-state index is 0.0874. The number of hydrogen-bond donors (Lipinski definition) is 1. The van der Waals surface area contributed by atoms with Gasteiger partial charge in [0.15, 0.2) is 0 Å². The summed E-state index contributed by atoms with van der Waals surface area (Å²) >= 11 is 0. The van der Waals surface area contributed by atoms with Crippen LogP contribution in [0.5, 0.6) is 5.75 Å². The van der Waals surface area contributed by atoms with Gasteiger partial charge in [0.05, 0.1) is 7.11 Å². The maximum atomic E-state index is 10.9. The van der Waals surface area contributed by atoms with E-state index in [1.54, 1.807) is 12.1 Å². The lowest BCUT2D eigenvalue weighted by Crippen LogP contribution is -1.96. The number of aromatic hydroxyl groups is 1. The van der Waals surface area contributed by atoms with Crippen LogP contribution in [0.2, 0.25) is 0 Å². The Kier molecular flexibility index (Phi) is 3.49. The van der Waals surface area contributed by atoms with Gasteiger partial charge in [0, 0.05) is 5.56 Å². The SMILES string of the molecule is COC(=O)CC#Cc1ccc2cc(O)ccc2c1. The van der Waals surface area contributed by atoms with Crippen molar-refractivity contribution in [3.05, 3.63) is 42.0 Å². The van der Waals surface area contributed by atoms with Gasteiger partial charge in [-0.2, -0.15) is 0 Å². The van der Waals surface area contributed by atoms with Gasteiger partial charge in [0.2, 0.25) is 0 Å². The molecule has 0 aromatic heterocycles. The second kappa shape index (κ2) is 5.24. The van der Waals surface area contributed by atoms with Crippen molar-refractivity contribution < 1.29 is 14.6 Å². The second-order valence-corrected chi connectivity index (χ2v) is 3.80. The molecule has 0 bridgehead atoms. The highest BCUT2D eigenvalue weighted by molar-refractivity contribution is 5.85. The summed E-state index contributed by atoms with van der Waals surface area (Å²) in [6.45, 7) is 0. The van der Waals surface area contributed by atoms with Crippen LogP contribution in [0.1, 0.15) is 12.0 Å². The predicted octanol–water partition coefficient (Wildman–Crippen LogP) is 2.46. The van der Waals surface area contributed by atoms with E-state index in [-0.39, 0.29) is 18.1 Å². The highest BCUT2D eigenvalue weighted by atomic mass is 16.5. The summed E-state index contributed by atoms with van der Waals surface area (Å²) in [7, 11) is 1.34. The molecule has 0 saturated heterocycles. The van der Waals surface area contributed by atoms with Crippen LogP contribution in [0.3, 0.4) is 0 Å². The number of carbonyl (C=O) groups excluding carboxylic acids is 1. The predicted molar refractivity (Wildman–Crippen MR) is 69.1 cm³/mol. The molecular formula is C15H12O3. The molecule has 0 aliphatic rings. The number of phenols is 1. The van der Waals surface area contributed by atoms with Gasteiger partial charge >= 0.3 is 5.97 Å². The average Bonchev–Trinajstić information content (AvgIpc) is 2.38. The van der Waals surface area contributed by atoms with Crippen LogP contribution in [0.15, 0.2) is 36.4 Å². The van der Waals surface area contributed by atoms with E-state index in [0.717, 1.165) is 16.3 Å². The monoisotopic (exact) mass is 240 g/mol. The molecule has 3 nitrogen and oxygen atoms in total. The van der Waals surface area contributed by atoms with E-state index in [4.69, 9.17) is 0 Å². The summed E-state index contributed by atoms with van der Waals surface area (Å²) in [6.07, 6.45) is 0.0874. The van der Waals surface area contributed by atoms with Crippen molar-refractivity contribution in [2.24, 2.45) is 0 Å². The first-order valence-corrected chi connectivity index (χ1v) is 5.47. The van der Waals surface area contributed by atoms with Crippen LogP contribution in [-0.4, -0.2) is 18.2 Å². The molecule has 2 aromatic carbocycles. The zero-order valence-corrected chi connectivity index (χ0v) is 9.93. The molecule has 2 rings (SSSR count). The first kappa shape index (κ1) is 12.0. The maximum Gasteiger partial charge on any atom is 0.317 e. The summed E-state index contributed by atoms with van der Waals surface area (Å²) in [5.41, 5.74) is 0.831. The molecule has 0 spiro atoms. The molecule has 0 saturated carbocycles. The van der Waals surface area contributed by atoms with Crippen LogP contribution in [0.25, 0.3) is 10.8 Å². The lowest BCUT2D eigenvalue weighted by atomic mass is 10.1. The van der Waals surface area contributed by atoms with Gasteiger partial charge in [-0.25, -0.2) is 0 Å². The highest BCUT2D eigenvalue weighted by Crippen LogP contribution is 2.20. The number of rotatable bonds is 1. The molecule has 0 aliphatic carbocycles. The Balaban J connectivity index is 2.25. The Bertz CT molecular complexity index is 648. The van der Waals surface area contributed by atoms with Crippen LogP contribution in [0.4, 0.5) is 0 Å². The molecule has 0 aliphatic heterocycles. The summed E-state index contributed by atoms with van der Waals surface area (Å²) in [6, 6.07) is 10.8. The van der Waals surface area contributed by atoms with Gasteiger partial charge in [-0.1, -0.05) is 24.0 Å². The molecule has 0 atom stereocenters. The Hall–Kier alpha value is -2.47. The molecule has 18 heavy (non-hydrogen) atoms. The molecule has 0 heterocycles. The summed E-state index contributed by atoms with van der Waals surface area (Å²) < 4.78 is 4.50. The lowest BCUT2D eigenvalue weighted by molar-refractivity contribution is -0.139. The van der Waals surface area contributed by atoms with Gasteiger partial charge in [0.25, 0.3) is 0 Å². The quantitative estimate of drug-likeness (QED) is 0.615. The second-order valence-electron chi connectivity index (χ2n) is 3.80. The first-order valence-electron chi connectivity index (χ1n) is 5.47. The van der Waals surface area contributed by atoms with Gasteiger partial charge in [-0.15, -0.1) is 0 Å². The zero-order valence-electron chi connectivity index (χ0n) is 9.93. The normalized spacial score (nSPS) is 9.61. The summed E-state index contributed by atoms with van der Waals surface area (Å²) in [5.74, 6) is 5.56. The third-order valence-corrected chi connectivity index (χ3v) is 2.52. The van der Waals surface area contributed by atoms with Crippen molar-refractivity contribution in [1.29, 1.82) is 0 Å². The van der Waals surface area contributed by atoms with Crippen molar-refractivity contribution in [3.63, 3.8) is 0 Å². The summed E-state index contributed by atoms with van der Waals surface area (Å²) in [4.78, 5) is 10.9. The van der Waals surface area contributed by atoms with E-state index in [0.29, 0.717) is 0 Å². The fraction of sp³-hybridized carbons (Fsp3) is 0.133. The van der Waals surface area contributed by atoms with Crippen LogP contribution < -0.4 is 0 Å². The van der Waals surface area contributed by atoms with Gasteiger partial charge in [0.1, 0.15) is 12.2 Å². The van der Waals surface area contributed by atoms with Crippen molar-refractivity contribution >= 4 is 16.7 Å². The molecule has 3 heteroatoms. The number of fused-ring (bicyclic) bond motifs is 1. The molecule has 0 fully saturated rings. The lowest BCUT2D eigenvalue weighted by Gasteiger charge is -1.99. The minimum atomic E-state index is -0.340. The van der Waals surface area contributed by atoms with Crippen LogP contribution >= 0.6 is 0 Å². The standard InChI is InChI=1S/C15H12O3/c1-18-15(17)4-2-3-11-5-6-13-10-14(16)8-7-12(13)9-11/h5-10,16H,4H2,1H3.